The Hall–Kier alpha value is -1.22. The van der Waals surface area contributed by atoms with Gasteiger partial charge in [-0.25, -0.2) is 4.79 Å². The number of ether oxygens (including phenoxy) is 1. The third-order valence-electron chi connectivity index (χ3n) is 1.68. The van der Waals surface area contributed by atoms with Crippen LogP contribution < -0.4 is 4.74 Å². The van der Waals surface area contributed by atoms with Crippen LogP contribution in [0.15, 0.2) is 41.8 Å². The van der Waals surface area contributed by atoms with Gasteiger partial charge in [0, 0.05) is 17.0 Å². The van der Waals surface area contributed by atoms with Crippen molar-refractivity contribution in [3.63, 3.8) is 0 Å². The molecule has 0 heterocycles. The van der Waals surface area contributed by atoms with Gasteiger partial charge in [0.25, 0.3) is 0 Å². The van der Waals surface area contributed by atoms with Gasteiger partial charge in [0.05, 0.1) is 0 Å². The van der Waals surface area contributed by atoms with E-state index in [0.29, 0.717) is 5.75 Å². The van der Waals surface area contributed by atoms with Gasteiger partial charge in [-0.3, -0.25) is 0 Å². The molecule has 1 rings (SSSR count). The quantitative estimate of drug-likeness (QED) is 0.329. The van der Waals surface area contributed by atoms with E-state index in [1.54, 1.807) is 12.1 Å². The molecule has 1 aromatic carbocycles. The minimum Gasteiger partial charge on any atom is -0.423 e. The molecule has 0 amide bonds. The van der Waals surface area contributed by atoms with Crippen LogP contribution in [0.1, 0.15) is 0 Å². The highest BCUT2D eigenvalue weighted by Gasteiger charge is 2.08. The molecule has 0 radical (unpaired) electrons. The Morgan fingerprint density at radius 1 is 1.36 bits per heavy atom. The van der Waals surface area contributed by atoms with Gasteiger partial charge in [-0.15, -0.1) is 0 Å². The third kappa shape index (κ3) is 2.92. The maximum atomic E-state index is 10.9. The monoisotopic (exact) mass is 209 g/mol. The molecule has 0 N–H and O–H groups in total. The van der Waals surface area contributed by atoms with Crippen molar-refractivity contribution in [2.75, 3.05) is 12.5 Å². The number of hydrogen-bond acceptors (Lipinski definition) is 2. The lowest BCUT2D eigenvalue weighted by molar-refractivity contribution is -0.128. The Labute approximate surface area is 86.9 Å². The topological polar surface area (TPSA) is 26.3 Å². The summed E-state index contributed by atoms with van der Waals surface area (Å²) in [6.07, 6.45) is 5.44. The first kappa shape index (κ1) is 10.9. The fourth-order valence-corrected chi connectivity index (χ4v) is 1.62. The van der Waals surface area contributed by atoms with Crippen molar-refractivity contribution >= 4 is 16.9 Å². The van der Waals surface area contributed by atoms with Gasteiger partial charge in [0.2, 0.25) is 0 Å². The van der Waals surface area contributed by atoms with Crippen LogP contribution in [0.5, 0.6) is 5.75 Å². The highest BCUT2D eigenvalue weighted by Crippen LogP contribution is 2.15. The van der Waals surface area contributed by atoms with Gasteiger partial charge in [-0.2, -0.15) is 0 Å². The van der Waals surface area contributed by atoms with Gasteiger partial charge in [-0.05, 0) is 24.3 Å². The second kappa shape index (κ2) is 4.86. The van der Waals surface area contributed by atoms with Gasteiger partial charge in [0.15, 0.2) is 4.90 Å². The smallest absolute Gasteiger partial charge is 0.335 e. The van der Waals surface area contributed by atoms with Crippen LogP contribution in [0.2, 0.25) is 0 Å². The van der Waals surface area contributed by atoms with E-state index in [4.69, 9.17) is 4.74 Å². The molecule has 0 saturated heterocycles. The highest BCUT2D eigenvalue weighted by molar-refractivity contribution is 7.95. The fourth-order valence-electron chi connectivity index (χ4n) is 0.938. The van der Waals surface area contributed by atoms with Crippen molar-refractivity contribution in [3.05, 3.63) is 36.9 Å². The maximum absolute atomic E-state index is 10.9. The molecule has 74 valence electrons. The molecular weight excluding hydrogens is 196 g/mol. The zero-order valence-electron chi connectivity index (χ0n) is 8.32. The number of rotatable bonds is 3. The Balaban J connectivity index is 2.73. The summed E-state index contributed by atoms with van der Waals surface area (Å²) in [7, 11) is 0.238. The molecule has 0 aliphatic rings. The van der Waals surface area contributed by atoms with Crippen LogP contribution >= 0.6 is 0 Å². The lowest BCUT2D eigenvalue weighted by atomic mass is 10.3. The molecule has 0 aromatic heterocycles. The maximum Gasteiger partial charge on any atom is 0.335 e. The molecule has 0 spiro atoms. The zero-order valence-corrected chi connectivity index (χ0v) is 9.14. The molecule has 0 aliphatic heterocycles. The minimum atomic E-state index is -0.426. The van der Waals surface area contributed by atoms with Crippen molar-refractivity contribution in [2.24, 2.45) is 0 Å². The van der Waals surface area contributed by atoms with Crippen LogP contribution in [0.3, 0.4) is 0 Å². The van der Waals surface area contributed by atoms with E-state index in [9.17, 15) is 4.79 Å². The standard InChI is InChI=1S/C11H13O2S/c1-4-11(12)13-9-5-7-10(8-6-9)14(2)3/h4-8H,1H2,2-3H3/q+1. The van der Waals surface area contributed by atoms with Crippen molar-refractivity contribution in [1.29, 1.82) is 0 Å². The Bertz CT molecular complexity index is 328. The Morgan fingerprint density at radius 3 is 2.36 bits per heavy atom. The van der Waals surface area contributed by atoms with Crippen LogP contribution in [0, 0.1) is 0 Å². The lowest BCUT2D eigenvalue weighted by Crippen LogP contribution is -2.03. The van der Waals surface area contributed by atoms with Gasteiger partial charge < -0.3 is 4.74 Å². The number of carbonyl (C=O) groups is 1. The summed E-state index contributed by atoms with van der Waals surface area (Å²) >= 11 is 0. The minimum absolute atomic E-state index is 0.238. The van der Waals surface area contributed by atoms with Gasteiger partial charge >= 0.3 is 5.97 Å². The third-order valence-corrected chi connectivity index (χ3v) is 2.90. The summed E-state index contributed by atoms with van der Waals surface area (Å²) in [5.74, 6) is 0.133. The first-order chi connectivity index (χ1) is 6.63. The second-order valence-electron chi connectivity index (χ2n) is 2.91. The summed E-state index contributed by atoms with van der Waals surface area (Å²) in [6, 6.07) is 7.52. The highest BCUT2D eigenvalue weighted by atomic mass is 32.2. The lowest BCUT2D eigenvalue weighted by Gasteiger charge is -2.01. The molecule has 2 nitrogen and oxygen atoms in total. The van der Waals surface area contributed by atoms with Gasteiger partial charge in [0.1, 0.15) is 18.3 Å². The van der Waals surface area contributed by atoms with Crippen molar-refractivity contribution in [1.82, 2.24) is 0 Å². The summed E-state index contributed by atoms with van der Waals surface area (Å²) in [5, 5.41) is 0. The van der Waals surface area contributed by atoms with E-state index in [0.717, 1.165) is 6.08 Å². The molecule has 0 bridgehead atoms. The Morgan fingerprint density at radius 2 is 1.93 bits per heavy atom. The molecule has 0 atom stereocenters. The molecule has 0 fully saturated rings. The molecule has 1 aromatic rings. The average molecular weight is 209 g/mol. The fraction of sp³-hybridized carbons (Fsp3) is 0.182. The van der Waals surface area contributed by atoms with Gasteiger partial charge in [-0.1, -0.05) is 6.58 Å². The van der Waals surface area contributed by atoms with Crippen LogP contribution in [0.25, 0.3) is 0 Å². The predicted molar refractivity (Wildman–Crippen MR) is 59.8 cm³/mol. The van der Waals surface area contributed by atoms with E-state index in [1.165, 1.54) is 4.90 Å². The van der Waals surface area contributed by atoms with Crippen molar-refractivity contribution < 1.29 is 9.53 Å². The number of benzene rings is 1. The number of esters is 1. The van der Waals surface area contributed by atoms with E-state index in [2.05, 4.69) is 19.1 Å². The summed E-state index contributed by atoms with van der Waals surface area (Å²) in [5.41, 5.74) is 0. The SMILES string of the molecule is C=CC(=O)Oc1ccc([S+](C)C)cc1. The molecule has 0 aliphatic carbocycles. The Kier molecular flexibility index (Phi) is 3.77. The molecule has 14 heavy (non-hydrogen) atoms. The first-order valence-electron chi connectivity index (χ1n) is 4.15. The van der Waals surface area contributed by atoms with Crippen molar-refractivity contribution in [2.45, 2.75) is 4.90 Å². The predicted octanol–water partition coefficient (Wildman–Crippen LogP) is 2.01. The first-order valence-corrected chi connectivity index (χ1v) is 6.19. The summed E-state index contributed by atoms with van der Waals surface area (Å²) in [6.45, 7) is 3.33. The van der Waals surface area contributed by atoms with Crippen LogP contribution in [-0.4, -0.2) is 18.5 Å². The zero-order chi connectivity index (χ0) is 10.6. The van der Waals surface area contributed by atoms with E-state index in [-0.39, 0.29) is 10.9 Å². The van der Waals surface area contributed by atoms with E-state index >= 15 is 0 Å². The largest absolute Gasteiger partial charge is 0.423 e. The van der Waals surface area contributed by atoms with Crippen molar-refractivity contribution in [3.8, 4) is 5.75 Å². The van der Waals surface area contributed by atoms with Crippen LogP contribution in [0.4, 0.5) is 0 Å². The van der Waals surface area contributed by atoms with Crippen LogP contribution in [-0.2, 0) is 15.7 Å². The number of hydrogen-bond donors (Lipinski definition) is 0. The molecule has 0 unspecified atom stereocenters. The second-order valence-corrected chi connectivity index (χ2v) is 5.02. The van der Waals surface area contributed by atoms with E-state index < -0.39 is 5.97 Å². The summed E-state index contributed by atoms with van der Waals surface area (Å²) in [4.78, 5) is 12.1. The average Bonchev–Trinajstić information content (AvgIpc) is 2.18. The van der Waals surface area contributed by atoms with E-state index in [1.807, 2.05) is 12.1 Å². The molecule has 0 saturated carbocycles. The summed E-state index contributed by atoms with van der Waals surface area (Å²) < 4.78 is 4.94. The molecular formula is C11H13O2S+. The molecule has 3 heteroatoms. The normalized spacial score (nSPS) is 9.93. The number of carbonyl (C=O) groups excluding carboxylic acids is 1.